The predicted octanol–water partition coefficient (Wildman–Crippen LogP) is 0.981. The Hall–Kier alpha value is -1.16. The Labute approximate surface area is 73.9 Å². The molecule has 0 spiro atoms. The van der Waals surface area contributed by atoms with Gasteiger partial charge in [0.2, 0.25) is 5.91 Å². The summed E-state index contributed by atoms with van der Waals surface area (Å²) < 4.78 is 0. The molecule has 1 atom stereocenters. The lowest BCUT2D eigenvalue weighted by Crippen LogP contribution is -2.17. The monoisotopic (exact) mass is 180 g/mol. The van der Waals surface area contributed by atoms with Gasteiger partial charge in [-0.05, 0) is 11.4 Å². The highest BCUT2D eigenvalue weighted by molar-refractivity contribution is 7.10. The SMILES string of the molecule is N=C1CNC(=O)C1c1cccs1. The lowest BCUT2D eigenvalue weighted by Gasteiger charge is -2.01. The summed E-state index contributed by atoms with van der Waals surface area (Å²) in [6.07, 6.45) is 0. The van der Waals surface area contributed by atoms with Crippen LogP contribution < -0.4 is 5.32 Å². The van der Waals surface area contributed by atoms with E-state index in [1.54, 1.807) is 0 Å². The van der Waals surface area contributed by atoms with E-state index in [9.17, 15) is 4.79 Å². The van der Waals surface area contributed by atoms with Crippen molar-refractivity contribution in [2.45, 2.75) is 5.92 Å². The molecule has 1 unspecified atom stereocenters. The second-order valence-corrected chi connectivity index (χ2v) is 3.67. The maximum atomic E-state index is 11.2. The quantitative estimate of drug-likeness (QED) is 0.665. The van der Waals surface area contributed by atoms with Crippen molar-refractivity contribution in [1.29, 1.82) is 5.41 Å². The number of nitrogens with one attached hydrogen (secondary N) is 2. The van der Waals surface area contributed by atoms with Crippen molar-refractivity contribution in [3.05, 3.63) is 22.4 Å². The third kappa shape index (κ3) is 1.04. The van der Waals surface area contributed by atoms with Crippen molar-refractivity contribution in [1.82, 2.24) is 5.32 Å². The zero-order chi connectivity index (χ0) is 8.55. The average molecular weight is 180 g/mol. The summed E-state index contributed by atoms with van der Waals surface area (Å²) in [4.78, 5) is 12.2. The molecule has 1 aromatic heterocycles. The number of carbonyl (C=O) groups is 1. The summed E-state index contributed by atoms with van der Waals surface area (Å²) in [5.74, 6) is -0.354. The van der Waals surface area contributed by atoms with Crippen molar-refractivity contribution in [3.63, 3.8) is 0 Å². The Morgan fingerprint density at radius 2 is 2.50 bits per heavy atom. The van der Waals surface area contributed by atoms with Gasteiger partial charge in [-0.3, -0.25) is 4.79 Å². The summed E-state index contributed by atoms with van der Waals surface area (Å²) in [5, 5.41) is 12.1. The third-order valence-corrected chi connectivity index (χ3v) is 2.83. The Morgan fingerprint density at radius 1 is 1.67 bits per heavy atom. The van der Waals surface area contributed by atoms with Crippen molar-refractivity contribution >= 4 is 23.0 Å². The molecule has 0 bridgehead atoms. The van der Waals surface area contributed by atoms with Crippen molar-refractivity contribution < 1.29 is 4.79 Å². The van der Waals surface area contributed by atoms with E-state index in [1.165, 1.54) is 11.3 Å². The van der Waals surface area contributed by atoms with Crippen LogP contribution in [0.1, 0.15) is 10.8 Å². The van der Waals surface area contributed by atoms with Crippen molar-refractivity contribution in [2.75, 3.05) is 6.54 Å². The summed E-state index contributed by atoms with van der Waals surface area (Å²) >= 11 is 1.53. The summed E-state index contributed by atoms with van der Waals surface area (Å²) in [5.41, 5.74) is 0.474. The molecule has 1 fully saturated rings. The van der Waals surface area contributed by atoms with Crippen LogP contribution in [0, 0.1) is 5.41 Å². The lowest BCUT2D eigenvalue weighted by molar-refractivity contribution is -0.119. The Balaban J connectivity index is 2.34. The molecule has 0 aliphatic carbocycles. The molecule has 1 saturated heterocycles. The lowest BCUT2D eigenvalue weighted by atomic mass is 10.1. The predicted molar refractivity (Wildman–Crippen MR) is 47.8 cm³/mol. The van der Waals surface area contributed by atoms with Gasteiger partial charge < -0.3 is 10.7 Å². The standard InChI is InChI=1S/C8H8N2OS/c9-5-4-10-8(11)7(5)6-2-1-3-12-6/h1-3,7,9H,4H2,(H,10,11). The Bertz CT molecular complexity index is 302. The fourth-order valence-electron chi connectivity index (χ4n) is 1.30. The highest BCUT2D eigenvalue weighted by Crippen LogP contribution is 2.24. The molecule has 2 N–H and O–H groups in total. The molecular weight excluding hydrogens is 172 g/mol. The van der Waals surface area contributed by atoms with Crippen LogP contribution in [0.5, 0.6) is 0 Å². The second kappa shape index (κ2) is 2.71. The highest BCUT2D eigenvalue weighted by atomic mass is 32.1. The Kier molecular flexibility index (Phi) is 1.69. The second-order valence-electron chi connectivity index (χ2n) is 2.69. The molecule has 0 saturated carbocycles. The number of thiophene rings is 1. The first-order valence-corrected chi connectivity index (χ1v) is 4.55. The van der Waals surface area contributed by atoms with Gasteiger partial charge in [0.05, 0.1) is 6.54 Å². The minimum atomic E-state index is -0.315. The van der Waals surface area contributed by atoms with E-state index in [-0.39, 0.29) is 11.8 Å². The molecule has 62 valence electrons. The molecular formula is C8H8N2OS. The zero-order valence-corrected chi connectivity index (χ0v) is 7.15. The van der Waals surface area contributed by atoms with Crippen molar-refractivity contribution in [2.24, 2.45) is 0 Å². The van der Waals surface area contributed by atoms with Crippen LogP contribution in [0.25, 0.3) is 0 Å². The van der Waals surface area contributed by atoms with Crippen molar-refractivity contribution in [3.8, 4) is 0 Å². The molecule has 1 aliphatic heterocycles. The normalized spacial score (nSPS) is 22.8. The van der Waals surface area contributed by atoms with Crippen LogP contribution in [-0.4, -0.2) is 18.2 Å². The largest absolute Gasteiger partial charge is 0.350 e. The molecule has 2 rings (SSSR count). The summed E-state index contributed by atoms with van der Waals surface area (Å²) in [6, 6.07) is 3.80. The molecule has 1 amide bonds. The van der Waals surface area contributed by atoms with Gasteiger partial charge in [-0.25, -0.2) is 0 Å². The number of rotatable bonds is 1. The van der Waals surface area contributed by atoms with Gasteiger partial charge >= 0.3 is 0 Å². The first-order valence-electron chi connectivity index (χ1n) is 3.67. The van der Waals surface area contributed by atoms with E-state index in [4.69, 9.17) is 5.41 Å². The first-order chi connectivity index (χ1) is 5.79. The van der Waals surface area contributed by atoms with Crippen LogP contribution in [0.15, 0.2) is 17.5 Å². The molecule has 12 heavy (non-hydrogen) atoms. The molecule has 2 heterocycles. The maximum absolute atomic E-state index is 11.2. The number of hydrogen-bond acceptors (Lipinski definition) is 3. The summed E-state index contributed by atoms with van der Waals surface area (Å²) in [7, 11) is 0. The smallest absolute Gasteiger partial charge is 0.234 e. The van der Waals surface area contributed by atoms with Gasteiger partial charge in [0.25, 0.3) is 0 Å². The molecule has 0 radical (unpaired) electrons. The molecule has 4 heteroatoms. The van der Waals surface area contributed by atoms with Crippen LogP contribution in [0.3, 0.4) is 0 Å². The minimum absolute atomic E-state index is 0.0394. The average Bonchev–Trinajstić information content (AvgIpc) is 2.61. The van der Waals surface area contributed by atoms with Crippen LogP contribution in [0.4, 0.5) is 0 Å². The fourth-order valence-corrected chi connectivity index (χ4v) is 2.16. The molecule has 1 aliphatic rings. The van der Waals surface area contributed by atoms with Gasteiger partial charge in [0.15, 0.2) is 0 Å². The van der Waals surface area contributed by atoms with E-state index in [2.05, 4.69) is 5.32 Å². The highest BCUT2D eigenvalue weighted by Gasteiger charge is 2.31. The van der Waals surface area contributed by atoms with Gasteiger partial charge in [-0.1, -0.05) is 6.07 Å². The van der Waals surface area contributed by atoms with E-state index >= 15 is 0 Å². The van der Waals surface area contributed by atoms with Crippen LogP contribution >= 0.6 is 11.3 Å². The fraction of sp³-hybridized carbons (Fsp3) is 0.250. The minimum Gasteiger partial charge on any atom is -0.350 e. The van der Waals surface area contributed by atoms with Gasteiger partial charge in [0.1, 0.15) is 5.92 Å². The third-order valence-electron chi connectivity index (χ3n) is 1.89. The van der Waals surface area contributed by atoms with E-state index < -0.39 is 0 Å². The number of hydrogen-bond donors (Lipinski definition) is 2. The zero-order valence-electron chi connectivity index (χ0n) is 6.33. The van der Waals surface area contributed by atoms with Gasteiger partial charge in [-0.15, -0.1) is 11.3 Å². The van der Waals surface area contributed by atoms with E-state index in [0.29, 0.717) is 12.3 Å². The van der Waals surface area contributed by atoms with E-state index in [1.807, 2.05) is 17.5 Å². The molecule has 1 aromatic rings. The van der Waals surface area contributed by atoms with E-state index in [0.717, 1.165) is 4.88 Å². The first kappa shape index (κ1) is 7.49. The van der Waals surface area contributed by atoms with Crippen LogP contribution in [0.2, 0.25) is 0 Å². The molecule has 3 nitrogen and oxygen atoms in total. The number of carbonyl (C=O) groups excluding carboxylic acids is 1. The van der Waals surface area contributed by atoms with Gasteiger partial charge in [-0.2, -0.15) is 0 Å². The molecule has 0 aromatic carbocycles. The topological polar surface area (TPSA) is 53.0 Å². The Morgan fingerprint density at radius 3 is 3.00 bits per heavy atom. The van der Waals surface area contributed by atoms with Crippen LogP contribution in [-0.2, 0) is 4.79 Å². The summed E-state index contributed by atoms with van der Waals surface area (Å²) in [6.45, 7) is 0.404. The maximum Gasteiger partial charge on any atom is 0.234 e. The van der Waals surface area contributed by atoms with Gasteiger partial charge in [0, 0.05) is 10.6 Å². The number of amides is 1.